The van der Waals surface area contributed by atoms with Crippen LogP contribution in [0.1, 0.15) is 6.92 Å². The smallest absolute Gasteiger partial charge is 0.235 e. The summed E-state index contributed by atoms with van der Waals surface area (Å²) in [5.41, 5.74) is 11.0. The summed E-state index contributed by atoms with van der Waals surface area (Å²) >= 11 is 0. The van der Waals surface area contributed by atoms with Gasteiger partial charge in [0.2, 0.25) is 5.91 Å². The lowest BCUT2D eigenvalue weighted by Crippen LogP contribution is -2.26. The number of carbonyl (C=O) groups is 1. The van der Waals surface area contributed by atoms with Gasteiger partial charge in [-0.3, -0.25) is 15.6 Å². The average molecular weight is 166 g/mol. The second-order valence-electron chi connectivity index (χ2n) is 2.28. The summed E-state index contributed by atoms with van der Waals surface area (Å²) < 4.78 is 0. The molecule has 0 aromatic carbocycles. The van der Waals surface area contributed by atoms with Crippen molar-refractivity contribution in [3.05, 3.63) is 18.3 Å². The van der Waals surface area contributed by atoms with Gasteiger partial charge >= 0.3 is 0 Å². The average Bonchev–Trinajstić information content (AvgIpc) is 2.03. The minimum absolute atomic E-state index is 0.173. The zero-order chi connectivity index (χ0) is 8.97. The summed E-state index contributed by atoms with van der Waals surface area (Å²) in [5, 5.41) is 0. The molecule has 5 nitrogen and oxygen atoms in total. The second kappa shape index (κ2) is 3.56. The lowest BCUT2D eigenvalue weighted by Gasteiger charge is -2.04. The van der Waals surface area contributed by atoms with Crippen molar-refractivity contribution in [2.75, 3.05) is 11.2 Å². The van der Waals surface area contributed by atoms with Gasteiger partial charge in [0.25, 0.3) is 0 Å². The topological polar surface area (TPSA) is 80.0 Å². The van der Waals surface area contributed by atoms with Gasteiger partial charge in [-0.1, -0.05) is 0 Å². The minimum Gasteiger partial charge on any atom is -0.397 e. The molecule has 1 aromatic heterocycles. The van der Waals surface area contributed by atoms with E-state index in [1.165, 1.54) is 13.1 Å². The monoisotopic (exact) mass is 166 g/mol. The van der Waals surface area contributed by atoms with E-state index in [9.17, 15) is 4.79 Å². The summed E-state index contributed by atoms with van der Waals surface area (Å²) in [5.74, 6) is 0.382. The number of hydrogen-bond donors (Lipinski definition) is 3. The Kier molecular flexibility index (Phi) is 2.47. The summed E-state index contributed by atoms with van der Waals surface area (Å²) in [6.07, 6.45) is 1.50. The van der Waals surface area contributed by atoms with E-state index in [0.29, 0.717) is 11.5 Å². The number of anilines is 2. The summed E-state index contributed by atoms with van der Waals surface area (Å²) in [6, 6.07) is 3.36. The summed E-state index contributed by atoms with van der Waals surface area (Å²) in [6.45, 7) is 1.41. The van der Waals surface area contributed by atoms with Crippen LogP contribution in [0.2, 0.25) is 0 Å². The van der Waals surface area contributed by atoms with E-state index in [1.54, 1.807) is 12.1 Å². The predicted octanol–water partition coefficient (Wildman–Crippen LogP) is 0.127. The number of carbonyl (C=O) groups excluding carboxylic acids is 1. The van der Waals surface area contributed by atoms with Gasteiger partial charge in [-0.15, -0.1) is 0 Å². The molecular weight excluding hydrogens is 156 g/mol. The zero-order valence-corrected chi connectivity index (χ0v) is 6.66. The Bertz CT molecular complexity index is 269. The third-order valence-corrected chi connectivity index (χ3v) is 1.15. The van der Waals surface area contributed by atoms with Gasteiger partial charge in [0.15, 0.2) is 0 Å². The highest BCUT2D eigenvalue weighted by molar-refractivity contribution is 5.74. The van der Waals surface area contributed by atoms with Crippen molar-refractivity contribution in [1.29, 1.82) is 0 Å². The SMILES string of the molecule is CC(=O)NNc1ccc(N)cn1. The lowest BCUT2D eigenvalue weighted by atomic mass is 10.4. The molecule has 0 aliphatic carbocycles. The molecule has 4 N–H and O–H groups in total. The second-order valence-corrected chi connectivity index (χ2v) is 2.28. The molecule has 1 aromatic rings. The number of rotatable bonds is 2. The van der Waals surface area contributed by atoms with Crippen molar-refractivity contribution in [2.45, 2.75) is 6.92 Å². The minimum atomic E-state index is -0.173. The van der Waals surface area contributed by atoms with Crippen molar-refractivity contribution < 1.29 is 4.79 Å². The fraction of sp³-hybridized carbons (Fsp3) is 0.143. The predicted molar refractivity (Wildman–Crippen MR) is 46.1 cm³/mol. The molecule has 0 fully saturated rings. The molecule has 1 amide bonds. The van der Waals surface area contributed by atoms with Crippen molar-refractivity contribution in [3.8, 4) is 0 Å². The number of nitrogens with zero attached hydrogens (tertiary/aromatic N) is 1. The Balaban J connectivity index is 2.53. The van der Waals surface area contributed by atoms with Crippen LogP contribution in [0, 0.1) is 0 Å². The number of hydrazine groups is 1. The quantitative estimate of drug-likeness (QED) is 0.545. The molecule has 1 rings (SSSR count). The lowest BCUT2D eigenvalue weighted by molar-refractivity contribution is -0.118. The fourth-order valence-electron chi connectivity index (χ4n) is 0.631. The molecule has 5 heteroatoms. The zero-order valence-electron chi connectivity index (χ0n) is 6.66. The highest BCUT2D eigenvalue weighted by Gasteiger charge is 1.92. The van der Waals surface area contributed by atoms with Crippen molar-refractivity contribution in [2.24, 2.45) is 0 Å². The molecule has 12 heavy (non-hydrogen) atoms. The van der Waals surface area contributed by atoms with E-state index in [1.807, 2.05) is 0 Å². The molecular formula is C7H10N4O. The molecule has 1 heterocycles. The Hall–Kier alpha value is -1.78. The number of nitrogens with one attached hydrogen (secondary N) is 2. The first kappa shape index (κ1) is 8.32. The van der Waals surface area contributed by atoms with Gasteiger partial charge in [0.1, 0.15) is 5.82 Å². The number of hydrogen-bond acceptors (Lipinski definition) is 4. The first-order chi connectivity index (χ1) is 5.68. The Morgan fingerprint density at radius 3 is 2.83 bits per heavy atom. The highest BCUT2D eigenvalue weighted by atomic mass is 16.2. The Labute approximate surface area is 70.0 Å². The van der Waals surface area contributed by atoms with Gasteiger partial charge in [-0.2, -0.15) is 0 Å². The molecule has 0 radical (unpaired) electrons. The summed E-state index contributed by atoms with van der Waals surface area (Å²) in [7, 11) is 0. The molecule has 64 valence electrons. The highest BCUT2D eigenvalue weighted by Crippen LogP contribution is 2.03. The first-order valence-corrected chi connectivity index (χ1v) is 3.42. The van der Waals surface area contributed by atoms with E-state index in [2.05, 4.69) is 15.8 Å². The van der Waals surface area contributed by atoms with Gasteiger partial charge in [0, 0.05) is 6.92 Å². The molecule has 0 bridgehead atoms. The van der Waals surface area contributed by atoms with Gasteiger partial charge in [0.05, 0.1) is 11.9 Å². The maximum absolute atomic E-state index is 10.5. The van der Waals surface area contributed by atoms with Crippen LogP contribution >= 0.6 is 0 Å². The van der Waals surface area contributed by atoms with E-state index < -0.39 is 0 Å². The standard InChI is InChI=1S/C7H10N4O/c1-5(12)10-11-7-3-2-6(8)4-9-7/h2-4H,8H2,1H3,(H,9,11)(H,10,12). The van der Waals surface area contributed by atoms with Crippen LogP contribution in [0.5, 0.6) is 0 Å². The van der Waals surface area contributed by atoms with Crippen molar-refractivity contribution in [3.63, 3.8) is 0 Å². The van der Waals surface area contributed by atoms with Crippen LogP contribution in [0.3, 0.4) is 0 Å². The largest absolute Gasteiger partial charge is 0.397 e. The molecule has 0 atom stereocenters. The maximum Gasteiger partial charge on any atom is 0.235 e. The van der Waals surface area contributed by atoms with Crippen molar-refractivity contribution >= 4 is 17.4 Å². The molecule has 0 saturated heterocycles. The van der Waals surface area contributed by atoms with Gasteiger partial charge in [-0.25, -0.2) is 4.98 Å². The van der Waals surface area contributed by atoms with Crippen LogP contribution in [-0.4, -0.2) is 10.9 Å². The summed E-state index contributed by atoms with van der Waals surface area (Å²) in [4.78, 5) is 14.4. The molecule has 0 spiro atoms. The third kappa shape index (κ3) is 2.45. The van der Waals surface area contributed by atoms with Gasteiger partial charge < -0.3 is 5.73 Å². The van der Waals surface area contributed by atoms with E-state index in [-0.39, 0.29) is 5.91 Å². The van der Waals surface area contributed by atoms with Crippen LogP contribution in [0.15, 0.2) is 18.3 Å². The number of pyridine rings is 1. The van der Waals surface area contributed by atoms with Crippen LogP contribution in [-0.2, 0) is 4.79 Å². The molecule has 0 aliphatic heterocycles. The molecule has 0 saturated carbocycles. The number of nitrogens with two attached hydrogens (primary N) is 1. The third-order valence-electron chi connectivity index (χ3n) is 1.15. The van der Waals surface area contributed by atoms with E-state index in [0.717, 1.165) is 0 Å². The van der Waals surface area contributed by atoms with Crippen LogP contribution in [0.25, 0.3) is 0 Å². The molecule has 0 unspecified atom stereocenters. The van der Waals surface area contributed by atoms with Crippen LogP contribution < -0.4 is 16.6 Å². The van der Waals surface area contributed by atoms with E-state index in [4.69, 9.17) is 5.73 Å². The molecule has 0 aliphatic rings. The van der Waals surface area contributed by atoms with Crippen molar-refractivity contribution in [1.82, 2.24) is 10.4 Å². The fourth-order valence-corrected chi connectivity index (χ4v) is 0.631. The maximum atomic E-state index is 10.5. The number of aromatic nitrogens is 1. The first-order valence-electron chi connectivity index (χ1n) is 3.42. The van der Waals surface area contributed by atoms with E-state index >= 15 is 0 Å². The normalized spacial score (nSPS) is 9.08. The Morgan fingerprint density at radius 2 is 2.33 bits per heavy atom. The Morgan fingerprint density at radius 1 is 1.58 bits per heavy atom. The van der Waals surface area contributed by atoms with Crippen LogP contribution in [0.4, 0.5) is 11.5 Å². The van der Waals surface area contributed by atoms with Gasteiger partial charge in [-0.05, 0) is 12.1 Å². The number of nitrogen functional groups attached to an aromatic ring is 1. The number of amides is 1.